The van der Waals surface area contributed by atoms with Gasteiger partial charge in [0.05, 0.1) is 18.2 Å². The van der Waals surface area contributed by atoms with Gasteiger partial charge < -0.3 is 10.1 Å². The number of hydrogen-bond donors (Lipinski definition) is 1. The molecule has 1 unspecified atom stereocenters. The molecule has 0 amide bonds. The zero-order valence-corrected chi connectivity index (χ0v) is 20.9. The van der Waals surface area contributed by atoms with E-state index in [1.54, 1.807) is 22.4 Å². The predicted octanol–water partition coefficient (Wildman–Crippen LogP) is 5.27. The van der Waals surface area contributed by atoms with Crippen molar-refractivity contribution in [1.29, 1.82) is 0 Å². The Kier molecular flexibility index (Phi) is 9.76. The van der Waals surface area contributed by atoms with Crippen LogP contribution in [0.2, 0.25) is 0 Å². The Morgan fingerprint density at radius 3 is 2.47 bits per heavy atom. The lowest BCUT2D eigenvalue weighted by molar-refractivity contribution is -0.147. The number of hydrogen-bond acceptors (Lipinski definition) is 6. The molecule has 1 heterocycles. The summed E-state index contributed by atoms with van der Waals surface area (Å²) in [5, 5.41) is 3.39. The van der Waals surface area contributed by atoms with Crippen LogP contribution in [0.1, 0.15) is 33.0 Å². The molecule has 0 aliphatic rings. The molecule has 0 spiro atoms. The number of carbonyl (C=O) groups excluding carboxylic acids is 1. The third-order valence-electron chi connectivity index (χ3n) is 5.56. The van der Waals surface area contributed by atoms with Gasteiger partial charge in [0.25, 0.3) is 5.56 Å². The fraction of sp³-hybridized carbons (Fsp3) is 0.370. The Morgan fingerprint density at radius 2 is 1.82 bits per heavy atom. The van der Waals surface area contributed by atoms with Gasteiger partial charge in [0.2, 0.25) is 0 Å². The number of carbonyl (C=O) groups is 1. The fourth-order valence-electron chi connectivity index (χ4n) is 3.61. The molecule has 2 aromatic carbocycles. The summed E-state index contributed by atoms with van der Waals surface area (Å²) in [5.41, 5.74) is 2.62. The summed E-state index contributed by atoms with van der Waals surface area (Å²) in [7, 11) is 0. The fourth-order valence-corrected chi connectivity index (χ4v) is 4.70. The molecular weight excluding hydrogens is 446 g/mol. The predicted molar refractivity (Wildman–Crippen MR) is 139 cm³/mol. The van der Waals surface area contributed by atoms with Crippen molar-refractivity contribution >= 4 is 23.4 Å². The van der Waals surface area contributed by atoms with E-state index < -0.39 is 0 Å². The van der Waals surface area contributed by atoms with Gasteiger partial charge in [-0.15, -0.1) is 11.8 Å². The van der Waals surface area contributed by atoms with Crippen LogP contribution >= 0.6 is 11.8 Å². The van der Waals surface area contributed by atoms with E-state index in [4.69, 9.17) is 9.72 Å². The van der Waals surface area contributed by atoms with Crippen LogP contribution in [0.3, 0.4) is 0 Å². The minimum atomic E-state index is -0.122. The Morgan fingerprint density at radius 1 is 1.09 bits per heavy atom. The Bertz CT molecular complexity index is 1110. The third-order valence-corrected chi connectivity index (χ3v) is 6.73. The molecule has 1 aromatic heterocycles. The van der Waals surface area contributed by atoms with Crippen LogP contribution in [-0.2, 0) is 22.5 Å². The first-order valence-electron chi connectivity index (χ1n) is 11.8. The van der Waals surface area contributed by atoms with Gasteiger partial charge in [-0.1, -0.05) is 44.2 Å². The summed E-state index contributed by atoms with van der Waals surface area (Å²) in [6.45, 7) is 7.43. The molecule has 0 saturated carbocycles. The lowest BCUT2D eigenvalue weighted by atomic mass is 10.1. The molecular formula is C27H33N3O3S. The first kappa shape index (κ1) is 25.6. The van der Waals surface area contributed by atoms with Crippen molar-refractivity contribution in [3.05, 3.63) is 76.8 Å². The van der Waals surface area contributed by atoms with Crippen LogP contribution in [0.5, 0.6) is 0 Å². The van der Waals surface area contributed by atoms with Gasteiger partial charge in [0, 0.05) is 47.5 Å². The second kappa shape index (κ2) is 13.0. The van der Waals surface area contributed by atoms with Gasteiger partial charge in [0.1, 0.15) is 5.82 Å². The zero-order valence-electron chi connectivity index (χ0n) is 20.1. The Hall–Kier alpha value is -3.06. The summed E-state index contributed by atoms with van der Waals surface area (Å²) in [6.07, 6.45) is 1.46. The SMILES string of the molecule is CCOC(=O)C(CC)CSc1ccc(NCCn2c(CC)nc(-c3ccccc3)cc2=O)cc1. The van der Waals surface area contributed by atoms with E-state index in [1.165, 1.54) is 0 Å². The number of anilines is 1. The number of ether oxygens (including phenoxy) is 1. The van der Waals surface area contributed by atoms with Gasteiger partial charge in [-0.3, -0.25) is 14.2 Å². The summed E-state index contributed by atoms with van der Waals surface area (Å²) in [4.78, 5) is 30.6. The van der Waals surface area contributed by atoms with E-state index in [-0.39, 0.29) is 17.4 Å². The van der Waals surface area contributed by atoms with E-state index >= 15 is 0 Å². The van der Waals surface area contributed by atoms with E-state index in [1.807, 2.05) is 75.4 Å². The van der Waals surface area contributed by atoms with Gasteiger partial charge >= 0.3 is 5.97 Å². The number of nitrogens with zero attached hydrogens (tertiary/aromatic N) is 2. The Labute approximate surface area is 205 Å². The van der Waals surface area contributed by atoms with Crippen molar-refractivity contribution in [1.82, 2.24) is 9.55 Å². The summed E-state index contributed by atoms with van der Waals surface area (Å²) < 4.78 is 6.89. The second-order valence-electron chi connectivity index (χ2n) is 7.89. The molecule has 3 aromatic rings. The highest BCUT2D eigenvalue weighted by Crippen LogP contribution is 2.24. The standard InChI is InChI=1S/C27H33N3O3S/c1-4-20(27(32)33-6-3)19-34-23-14-12-22(13-15-23)28-16-17-30-25(5-2)29-24(18-26(30)31)21-10-8-7-9-11-21/h7-15,18,20,28H,4-6,16-17,19H2,1-3H3. The largest absolute Gasteiger partial charge is 0.466 e. The van der Waals surface area contributed by atoms with E-state index in [2.05, 4.69) is 5.32 Å². The first-order chi connectivity index (χ1) is 16.5. The number of nitrogens with one attached hydrogen (secondary N) is 1. The highest BCUT2D eigenvalue weighted by molar-refractivity contribution is 7.99. The third kappa shape index (κ3) is 6.97. The minimum absolute atomic E-state index is 0.0358. The molecule has 0 radical (unpaired) electrons. The minimum Gasteiger partial charge on any atom is -0.466 e. The van der Waals surface area contributed by atoms with Crippen molar-refractivity contribution in [2.45, 2.75) is 45.1 Å². The summed E-state index contributed by atoms with van der Waals surface area (Å²) in [5.74, 6) is 1.28. The number of benzene rings is 2. The molecule has 7 heteroatoms. The van der Waals surface area contributed by atoms with Crippen molar-refractivity contribution in [2.75, 3.05) is 24.2 Å². The Balaban J connectivity index is 1.56. The molecule has 0 aliphatic heterocycles. The molecule has 3 rings (SSSR count). The van der Waals surface area contributed by atoms with Gasteiger partial charge in [-0.05, 0) is 37.6 Å². The van der Waals surface area contributed by atoms with E-state index in [9.17, 15) is 9.59 Å². The highest BCUT2D eigenvalue weighted by atomic mass is 32.2. The van der Waals surface area contributed by atoms with Gasteiger partial charge in [-0.2, -0.15) is 0 Å². The van der Waals surface area contributed by atoms with Crippen LogP contribution in [-0.4, -0.2) is 34.4 Å². The number of aromatic nitrogens is 2. The van der Waals surface area contributed by atoms with Crippen LogP contribution in [0.4, 0.5) is 5.69 Å². The van der Waals surface area contributed by atoms with Crippen molar-refractivity contribution in [3.8, 4) is 11.3 Å². The lowest BCUT2D eigenvalue weighted by Gasteiger charge is -2.14. The quantitative estimate of drug-likeness (QED) is 0.282. The molecule has 0 fully saturated rings. The number of thioether (sulfide) groups is 1. The molecule has 180 valence electrons. The molecule has 1 atom stereocenters. The number of aryl methyl sites for hydroxylation is 1. The van der Waals surface area contributed by atoms with Gasteiger partial charge in [0.15, 0.2) is 0 Å². The smallest absolute Gasteiger partial charge is 0.309 e. The number of esters is 1. The first-order valence-corrected chi connectivity index (χ1v) is 12.8. The zero-order chi connectivity index (χ0) is 24.3. The van der Waals surface area contributed by atoms with E-state index in [0.717, 1.165) is 28.4 Å². The summed E-state index contributed by atoms with van der Waals surface area (Å²) in [6, 6.07) is 19.5. The maximum absolute atomic E-state index is 12.8. The normalized spacial score (nSPS) is 11.7. The average Bonchev–Trinajstić information content (AvgIpc) is 2.86. The molecule has 6 nitrogen and oxygen atoms in total. The van der Waals surface area contributed by atoms with Gasteiger partial charge in [-0.25, -0.2) is 4.98 Å². The van der Waals surface area contributed by atoms with Crippen LogP contribution in [0, 0.1) is 5.92 Å². The van der Waals surface area contributed by atoms with E-state index in [0.29, 0.717) is 37.6 Å². The molecule has 0 aliphatic carbocycles. The molecule has 34 heavy (non-hydrogen) atoms. The molecule has 0 bridgehead atoms. The van der Waals surface area contributed by atoms with Crippen LogP contribution in [0.25, 0.3) is 11.3 Å². The lowest BCUT2D eigenvalue weighted by Crippen LogP contribution is -2.27. The topological polar surface area (TPSA) is 73.2 Å². The summed E-state index contributed by atoms with van der Waals surface area (Å²) >= 11 is 1.66. The van der Waals surface area contributed by atoms with Crippen molar-refractivity contribution in [2.24, 2.45) is 5.92 Å². The maximum Gasteiger partial charge on any atom is 0.309 e. The van der Waals surface area contributed by atoms with Crippen LogP contribution < -0.4 is 10.9 Å². The highest BCUT2D eigenvalue weighted by Gasteiger charge is 2.17. The number of rotatable bonds is 12. The maximum atomic E-state index is 12.8. The van der Waals surface area contributed by atoms with Crippen LogP contribution in [0.15, 0.2) is 70.4 Å². The second-order valence-corrected chi connectivity index (χ2v) is 8.98. The molecule has 1 N–H and O–H groups in total. The average molecular weight is 480 g/mol. The monoisotopic (exact) mass is 479 g/mol. The van der Waals surface area contributed by atoms with Crippen molar-refractivity contribution < 1.29 is 9.53 Å². The van der Waals surface area contributed by atoms with Crippen molar-refractivity contribution in [3.63, 3.8) is 0 Å². The molecule has 0 saturated heterocycles.